The summed E-state index contributed by atoms with van der Waals surface area (Å²) < 4.78 is 33.1. The van der Waals surface area contributed by atoms with E-state index in [0.717, 1.165) is 31.4 Å². The summed E-state index contributed by atoms with van der Waals surface area (Å²) in [6.07, 6.45) is 5.46. The van der Waals surface area contributed by atoms with E-state index in [4.69, 9.17) is 4.74 Å². The van der Waals surface area contributed by atoms with Crippen molar-refractivity contribution in [1.29, 1.82) is 0 Å². The number of benzene rings is 2. The van der Waals surface area contributed by atoms with E-state index in [9.17, 15) is 13.2 Å². The number of ether oxygens (including phenoxy) is 1. The molecular weight excluding hydrogens is 434 g/mol. The van der Waals surface area contributed by atoms with Crippen LogP contribution in [0.1, 0.15) is 40.2 Å². The summed E-state index contributed by atoms with van der Waals surface area (Å²) in [6.45, 7) is 0. The minimum Gasteiger partial charge on any atom is -0.495 e. The zero-order valence-electron chi connectivity index (χ0n) is 17.1. The van der Waals surface area contributed by atoms with E-state index >= 15 is 0 Å². The smallest absolute Gasteiger partial charge is 0.262 e. The molecule has 0 bridgehead atoms. The van der Waals surface area contributed by atoms with Crippen LogP contribution in [0.4, 0.5) is 10.8 Å². The largest absolute Gasteiger partial charge is 0.495 e. The van der Waals surface area contributed by atoms with Gasteiger partial charge in [-0.15, -0.1) is 11.3 Å². The van der Waals surface area contributed by atoms with E-state index in [1.807, 2.05) is 0 Å². The molecule has 0 aliphatic heterocycles. The number of rotatable bonds is 6. The lowest BCUT2D eigenvalue weighted by Gasteiger charge is -2.12. The lowest BCUT2D eigenvalue weighted by Crippen LogP contribution is -2.15. The molecule has 1 heterocycles. The zero-order chi connectivity index (χ0) is 21.8. The van der Waals surface area contributed by atoms with Gasteiger partial charge in [-0.25, -0.2) is 13.4 Å². The van der Waals surface area contributed by atoms with Crippen LogP contribution in [0, 0.1) is 0 Å². The number of hydrogen-bond acceptors (Lipinski definition) is 6. The quantitative estimate of drug-likeness (QED) is 0.532. The van der Waals surface area contributed by atoms with Crippen molar-refractivity contribution in [3.05, 3.63) is 64.7 Å². The first-order chi connectivity index (χ1) is 15.0. The highest BCUT2D eigenvalue weighted by atomic mass is 32.2. The summed E-state index contributed by atoms with van der Waals surface area (Å²) in [6, 6.07) is 12.6. The maximum absolute atomic E-state index is 12.7. The average molecular weight is 458 g/mol. The van der Waals surface area contributed by atoms with Gasteiger partial charge >= 0.3 is 0 Å². The molecule has 3 aromatic rings. The third kappa shape index (κ3) is 4.88. The van der Waals surface area contributed by atoms with Crippen molar-refractivity contribution >= 4 is 38.1 Å². The van der Waals surface area contributed by atoms with E-state index in [2.05, 4.69) is 15.0 Å². The molecule has 0 atom stereocenters. The highest BCUT2D eigenvalue weighted by Crippen LogP contribution is 2.29. The molecule has 162 valence electrons. The van der Waals surface area contributed by atoms with Crippen LogP contribution in [-0.4, -0.2) is 26.4 Å². The summed E-state index contributed by atoms with van der Waals surface area (Å²) in [5.74, 6) is 0.106. The molecule has 4 rings (SSSR count). The number of thiazole rings is 1. The fourth-order valence-corrected chi connectivity index (χ4v) is 5.58. The first-order valence-corrected chi connectivity index (χ1v) is 12.3. The number of aryl methyl sites for hydroxylation is 2. The van der Waals surface area contributed by atoms with Crippen molar-refractivity contribution in [2.24, 2.45) is 0 Å². The van der Waals surface area contributed by atoms with Crippen molar-refractivity contribution in [2.75, 3.05) is 17.1 Å². The molecule has 1 aliphatic rings. The van der Waals surface area contributed by atoms with Crippen LogP contribution in [-0.2, 0) is 22.9 Å². The molecule has 2 N–H and O–H groups in total. The Morgan fingerprint density at radius 3 is 2.55 bits per heavy atom. The number of hydrogen-bond donors (Lipinski definition) is 2. The number of para-hydroxylation sites is 2. The number of anilines is 2. The van der Waals surface area contributed by atoms with Gasteiger partial charge < -0.3 is 4.74 Å². The fourth-order valence-electron chi connectivity index (χ4n) is 3.47. The lowest BCUT2D eigenvalue weighted by atomic mass is 10.2. The molecule has 0 unspecified atom stereocenters. The molecule has 0 saturated heterocycles. The Labute approximate surface area is 185 Å². The van der Waals surface area contributed by atoms with Crippen LogP contribution < -0.4 is 14.8 Å². The molecule has 0 radical (unpaired) electrons. The molecule has 1 aliphatic carbocycles. The molecule has 1 aromatic heterocycles. The van der Waals surface area contributed by atoms with Gasteiger partial charge in [0.1, 0.15) is 5.75 Å². The van der Waals surface area contributed by atoms with E-state index in [1.165, 1.54) is 54.0 Å². The Balaban J connectivity index is 1.46. The second-order valence-electron chi connectivity index (χ2n) is 7.23. The SMILES string of the molecule is COc1ccccc1NS(=O)(=O)c1ccc(C(=O)Nc2nc3c(s2)CCCCC3)cc1. The van der Waals surface area contributed by atoms with Gasteiger partial charge in [-0.2, -0.15) is 0 Å². The third-order valence-corrected chi connectivity index (χ3v) is 7.55. The summed E-state index contributed by atoms with van der Waals surface area (Å²) in [5, 5.41) is 3.43. The Hall–Kier alpha value is -2.91. The van der Waals surface area contributed by atoms with Crippen molar-refractivity contribution < 1.29 is 17.9 Å². The monoisotopic (exact) mass is 457 g/mol. The Kier molecular flexibility index (Phi) is 6.24. The van der Waals surface area contributed by atoms with Gasteiger partial charge in [-0.3, -0.25) is 14.8 Å². The minimum absolute atomic E-state index is 0.0518. The fraction of sp³-hybridized carbons (Fsp3) is 0.273. The first kappa shape index (κ1) is 21.3. The van der Waals surface area contributed by atoms with E-state index in [-0.39, 0.29) is 10.8 Å². The van der Waals surface area contributed by atoms with Gasteiger partial charge in [-0.1, -0.05) is 18.6 Å². The highest BCUT2D eigenvalue weighted by Gasteiger charge is 2.19. The third-order valence-electron chi connectivity index (χ3n) is 5.09. The number of aromatic nitrogens is 1. The van der Waals surface area contributed by atoms with Gasteiger partial charge in [0, 0.05) is 10.4 Å². The van der Waals surface area contributed by atoms with Crippen molar-refractivity contribution in [3.63, 3.8) is 0 Å². The summed E-state index contributed by atoms with van der Waals surface area (Å²) in [4.78, 5) is 18.5. The Morgan fingerprint density at radius 1 is 1.03 bits per heavy atom. The standard InChI is InChI=1S/C22H23N3O4S2/c1-29-19-9-6-5-7-17(19)25-31(27,28)16-13-11-15(12-14-16)21(26)24-22-23-18-8-3-2-4-10-20(18)30-22/h5-7,9,11-14,25H,2-4,8,10H2,1H3,(H,23,24,26). The maximum Gasteiger partial charge on any atom is 0.262 e. The predicted octanol–water partition coefficient (Wildman–Crippen LogP) is 4.47. The number of fused-ring (bicyclic) bond motifs is 1. The number of nitrogens with zero attached hydrogens (tertiary/aromatic N) is 1. The topological polar surface area (TPSA) is 97.4 Å². The normalized spacial score (nSPS) is 13.7. The van der Waals surface area contributed by atoms with Crippen LogP contribution in [0.25, 0.3) is 0 Å². The Morgan fingerprint density at radius 2 is 1.77 bits per heavy atom. The second-order valence-corrected chi connectivity index (χ2v) is 10.00. The molecule has 0 fully saturated rings. The van der Waals surface area contributed by atoms with Gasteiger partial charge in [0.15, 0.2) is 5.13 Å². The molecule has 2 aromatic carbocycles. The molecule has 1 amide bonds. The number of sulfonamides is 1. The summed E-state index contributed by atoms with van der Waals surface area (Å²) in [7, 11) is -2.35. The minimum atomic E-state index is -3.82. The van der Waals surface area contributed by atoms with Crippen LogP contribution in [0.3, 0.4) is 0 Å². The van der Waals surface area contributed by atoms with Crippen molar-refractivity contribution in [1.82, 2.24) is 4.98 Å². The van der Waals surface area contributed by atoms with Gasteiger partial charge in [0.2, 0.25) is 0 Å². The summed E-state index contributed by atoms with van der Waals surface area (Å²) in [5.41, 5.74) is 1.79. The molecule has 31 heavy (non-hydrogen) atoms. The first-order valence-electron chi connectivity index (χ1n) is 10.0. The maximum atomic E-state index is 12.7. The number of carbonyl (C=O) groups excluding carboxylic acids is 1. The zero-order valence-corrected chi connectivity index (χ0v) is 18.7. The predicted molar refractivity (Wildman–Crippen MR) is 122 cm³/mol. The molecule has 9 heteroatoms. The summed E-state index contributed by atoms with van der Waals surface area (Å²) >= 11 is 1.52. The van der Waals surface area contributed by atoms with Crippen LogP contribution in [0.15, 0.2) is 53.4 Å². The lowest BCUT2D eigenvalue weighted by molar-refractivity contribution is 0.102. The molecule has 0 spiro atoms. The average Bonchev–Trinajstić information content (AvgIpc) is 3.01. The number of methoxy groups -OCH3 is 1. The number of amides is 1. The van der Waals surface area contributed by atoms with Crippen molar-refractivity contribution in [3.8, 4) is 5.75 Å². The van der Waals surface area contributed by atoms with Gasteiger partial charge in [-0.05, 0) is 62.1 Å². The van der Waals surface area contributed by atoms with Gasteiger partial charge in [0.05, 0.1) is 23.4 Å². The van der Waals surface area contributed by atoms with E-state index in [1.54, 1.807) is 24.3 Å². The molecular formula is C22H23N3O4S2. The highest BCUT2D eigenvalue weighted by molar-refractivity contribution is 7.92. The van der Waals surface area contributed by atoms with Gasteiger partial charge in [0.25, 0.3) is 15.9 Å². The van der Waals surface area contributed by atoms with Crippen LogP contribution in [0.2, 0.25) is 0 Å². The second kappa shape index (κ2) is 9.07. The van der Waals surface area contributed by atoms with E-state index in [0.29, 0.717) is 22.1 Å². The molecule has 7 nitrogen and oxygen atoms in total. The Bertz CT molecular complexity index is 1160. The van der Waals surface area contributed by atoms with Crippen LogP contribution in [0.5, 0.6) is 5.75 Å². The van der Waals surface area contributed by atoms with Crippen LogP contribution >= 0.6 is 11.3 Å². The number of carbonyl (C=O) groups is 1. The van der Waals surface area contributed by atoms with Crippen molar-refractivity contribution in [2.45, 2.75) is 37.0 Å². The molecule has 0 saturated carbocycles. The number of nitrogens with one attached hydrogen (secondary N) is 2. The van der Waals surface area contributed by atoms with E-state index < -0.39 is 10.0 Å².